The standard InChI is InChI=1S/C31H42N2O5/c1-19-4-5-20(17-32-19)26(35)18-33-28(36)10-11-29(37)38-27-9-8-24-23-7-6-21-16-22(34)12-14-30(21,2)25(23)13-15-31(24,27)3/h4-5,16-17,23-27,35H,6-15,18H2,1-3H3,(H,33,36)/t23-,24-,25+,26+,27+,30+,31+/m1/s1. The molecule has 0 spiro atoms. The number of carbonyl (C=O) groups excluding carboxylic acids is 3. The second kappa shape index (κ2) is 10.6. The minimum absolute atomic E-state index is 0.0205. The maximum absolute atomic E-state index is 12.8. The van der Waals surface area contributed by atoms with Crippen molar-refractivity contribution in [1.29, 1.82) is 0 Å². The van der Waals surface area contributed by atoms with E-state index < -0.39 is 6.10 Å². The van der Waals surface area contributed by atoms with Crippen LogP contribution in [0.2, 0.25) is 0 Å². The fourth-order valence-corrected chi connectivity index (χ4v) is 8.23. The lowest BCUT2D eigenvalue weighted by Gasteiger charge is -2.57. The summed E-state index contributed by atoms with van der Waals surface area (Å²) >= 11 is 0. The largest absolute Gasteiger partial charge is 0.462 e. The fourth-order valence-electron chi connectivity index (χ4n) is 8.23. The second-order valence-corrected chi connectivity index (χ2v) is 12.6. The van der Waals surface area contributed by atoms with Gasteiger partial charge >= 0.3 is 5.97 Å². The van der Waals surface area contributed by atoms with E-state index in [-0.39, 0.29) is 54.0 Å². The molecule has 1 aromatic heterocycles. The molecule has 0 aliphatic heterocycles. The van der Waals surface area contributed by atoms with Crippen molar-refractivity contribution in [3.05, 3.63) is 41.2 Å². The molecule has 4 aliphatic carbocycles. The Morgan fingerprint density at radius 3 is 2.68 bits per heavy atom. The van der Waals surface area contributed by atoms with Crippen LogP contribution in [0.5, 0.6) is 0 Å². The van der Waals surface area contributed by atoms with Crippen LogP contribution in [0, 0.1) is 35.5 Å². The third-order valence-electron chi connectivity index (χ3n) is 10.5. The van der Waals surface area contributed by atoms with Gasteiger partial charge in [-0.2, -0.15) is 0 Å². The van der Waals surface area contributed by atoms with Gasteiger partial charge in [0.2, 0.25) is 5.91 Å². The van der Waals surface area contributed by atoms with Crippen molar-refractivity contribution in [2.24, 2.45) is 28.6 Å². The number of nitrogens with one attached hydrogen (secondary N) is 1. The van der Waals surface area contributed by atoms with E-state index in [1.54, 1.807) is 12.3 Å². The summed E-state index contributed by atoms with van der Waals surface area (Å²) in [5.41, 5.74) is 3.00. The summed E-state index contributed by atoms with van der Waals surface area (Å²) < 4.78 is 6.03. The predicted octanol–water partition coefficient (Wildman–Crippen LogP) is 4.76. The van der Waals surface area contributed by atoms with Crippen LogP contribution in [0.15, 0.2) is 30.0 Å². The highest BCUT2D eigenvalue weighted by Gasteiger charge is 2.59. The van der Waals surface area contributed by atoms with Crippen molar-refractivity contribution >= 4 is 17.7 Å². The molecule has 4 aliphatic rings. The lowest BCUT2D eigenvalue weighted by molar-refractivity contribution is -0.160. The van der Waals surface area contributed by atoms with Crippen LogP contribution in [0.1, 0.15) is 95.4 Å². The number of hydrogen-bond donors (Lipinski definition) is 2. The molecule has 0 bridgehead atoms. The highest BCUT2D eigenvalue weighted by atomic mass is 16.5. The summed E-state index contributed by atoms with van der Waals surface area (Å²) in [6.07, 6.45) is 10.6. The van der Waals surface area contributed by atoms with Crippen molar-refractivity contribution < 1.29 is 24.2 Å². The number of allylic oxidation sites excluding steroid dienone is 1. The Bertz CT molecular complexity index is 1110. The zero-order valence-corrected chi connectivity index (χ0v) is 23.0. The van der Waals surface area contributed by atoms with Gasteiger partial charge in [0.05, 0.1) is 12.5 Å². The number of carbonyl (C=O) groups is 3. The number of aliphatic hydroxyl groups excluding tert-OH is 1. The Morgan fingerprint density at radius 1 is 1.11 bits per heavy atom. The van der Waals surface area contributed by atoms with Gasteiger partial charge in [0.25, 0.3) is 0 Å². The van der Waals surface area contributed by atoms with Gasteiger partial charge in [-0.15, -0.1) is 0 Å². The first-order valence-electron chi connectivity index (χ1n) is 14.4. The average Bonchev–Trinajstić information content (AvgIpc) is 3.22. The van der Waals surface area contributed by atoms with Crippen molar-refractivity contribution in [3.63, 3.8) is 0 Å². The number of aryl methyl sites for hydroxylation is 1. The van der Waals surface area contributed by atoms with Crippen LogP contribution in [-0.4, -0.2) is 40.4 Å². The number of esters is 1. The summed E-state index contributed by atoms with van der Waals surface area (Å²) in [5.74, 6) is 1.46. The van der Waals surface area contributed by atoms with E-state index in [1.165, 1.54) is 5.57 Å². The molecule has 1 amide bonds. The van der Waals surface area contributed by atoms with E-state index >= 15 is 0 Å². The molecule has 1 heterocycles. The van der Waals surface area contributed by atoms with Crippen LogP contribution in [0.25, 0.3) is 0 Å². The third kappa shape index (κ3) is 5.06. The number of pyridine rings is 1. The molecular formula is C31H42N2O5. The summed E-state index contributed by atoms with van der Waals surface area (Å²) in [6.45, 7) is 6.65. The Morgan fingerprint density at radius 2 is 1.92 bits per heavy atom. The van der Waals surface area contributed by atoms with Crippen molar-refractivity contribution in [3.8, 4) is 0 Å². The van der Waals surface area contributed by atoms with Crippen molar-refractivity contribution in [2.75, 3.05) is 6.54 Å². The molecule has 0 radical (unpaired) electrons. The molecule has 2 N–H and O–H groups in total. The number of amides is 1. The Labute approximate surface area is 225 Å². The first-order valence-corrected chi connectivity index (χ1v) is 14.4. The second-order valence-electron chi connectivity index (χ2n) is 12.6. The van der Waals surface area contributed by atoms with E-state index in [2.05, 4.69) is 24.1 Å². The average molecular weight is 523 g/mol. The lowest BCUT2D eigenvalue weighted by Crippen LogP contribution is -2.51. The fraction of sp³-hybridized carbons (Fsp3) is 0.677. The minimum atomic E-state index is -0.841. The molecule has 3 saturated carbocycles. The van der Waals surface area contributed by atoms with Crippen LogP contribution in [-0.2, 0) is 19.1 Å². The number of ether oxygens (including phenoxy) is 1. The van der Waals surface area contributed by atoms with Crippen LogP contribution >= 0.6 is 0 Å². The molecule has 7 atom stereocenters. The number of rotatable bonds is 7. The number of fused-ring (bicyclic) bond motifs is 5. The van der Waals surface area contributed by atoms with Crippen LogP contribution in [0.3, 0.4) is 0 Å². The van der Waals surface area contributed by atoms with Gasteiger partial charge in [0.15, 0.2) is 5.78 Å². The minimum Gasteiger partial charge on any atom is -0.462 e. The highest BCUT2D eigenvalue weighted by molar-refractivity contribution is 5.91. The smallest absolute Gasteiger partial charge is 0.306 e. The van der Waals surface area contributed by atoms with Gasteiger partial charge in [-0.25, -0.2) is 0 Å². The normalized spacial score (nSPS) is 34.8. The number of hydrogen-bond acceptors (Lipinski definition) is 6. The molecule has 7 heteroatoms. The quantitative estimate of drug-likeness (QED) is 0.500. The summed E-state index contributed by atoms with van der Waals surface area (Å²) in [5, 5.41) is 13.0. The Hall–Kier alpha value is -2.54. The maximum Gasteiger partial charge on any atom is 0.306 e. The molecular weight excluding hydrogens is 480 g/mol. The van der Waals surface area contributed by atoms with E-state index in [1.807, 2.05) is 19.1 Å². The highest BCUT2D eigenvalue weighted by Crippen LogP contribution is 2.65. The molecule has 0 saturated heterocycles. The molecule has 5 rings (SSSR count). The third-order valence-corrected chi connectivity index (χ3v) is 10.5. The molecule has 7 nitrogen and oxygen atoms in total. The number of aliphatic hydroxyl groups is 1. The first-order chi connectivity index (χ1) is 18.1. The summed E-state index contributed by atoms with van der Waals surface area (Å²) in [7, 11) is 0. The number of nitrogens with zero attached hydrogens (tertiary/aromatic N) is 1. The van der Waals surface area contributed by atoms with Crippen LogP contribution < -0.4 is 5.32 Å². The van der Waals surface area contributed by atoms with Gasteiger partial charge in [-0.3, -0.25) is 19.4 Å². The van der Waals surface area contributed by atoms with E-state index in [0.717, 1.165) is 50.6 Å². The van der Waals surface area contributed by atoms with E-state index in [9.17, 15) is 19.5 Å². The zero-order valence-electron chi connectivity index (χ0n) is 23.0. The van der Waals surface area contributed by atoms with Gasteiger partial charge in [-0.05, 0) is 87.2 Å². The Kier molecular flexibility index (Phi) is 7.51. The molecule has 3 fully saturated rings. The van der Waals surface area contributed by atoms with E-state index in [4.69, 9.17) is 4.74 Å². The van der Waals surface area contributed by atoms with Gasteiger partial charge in [-0.1, -0.05) is 25.5 Å². The first kappa shape index (κ1) is 27.0. The molecule has 1 aromatic rings. The number of aromatic nitrogens is 1. The Balaban J connectivity index is 1.12. The summed E-state index contributed by atoms with van der Waals surface area (Å²) in [4.78, 5) is 41.3. The molecule has 0 aromatic carbocycles. The molecule has 0 unspecified atom stereocenters. The van der Waals surface area contributed by atoms with Crippen LogP contribution in [0.4, 0.5) is 0 Å². The van der Waals surface area contributed by atoms with Gasteiger partial charge in [0, 0.05) is 42.3 Å². The van der Waals surface area contributed by atoms with Crippen molar-refractivity contribution in [2.45, 2.75) is 97.2 Å². The van der Waals surface area contributed by atoms with Gasteiger partial charge in [0.1, 0.15) is 6.10 Å². The molecule has 38 heavy (non-hydrogen) atoms. The lowest BCUT2D eigenvalue weighted by atomic mass is 9.47. The topological polar surface area (TPSA) is 106 Å². The zero-order chi connectivity index (χ0) is 27.1. The number of ketones is 1. The predicted molar refractivity (Wildman–Crippen MR) is 143 cm³/mol. The maximum atomic E-state index is 12.8. The van der Waals surface area contributed by atoms with Gasteiger partial charge < -0.3 is 15.2 Å². The monoisotopic (exact) mass is 522 g/mol. The summed E-state index contributed by atoms with van der Waals surface area (Å²) in [6, 6.07) is 3.61. The van der Waals surface area contributed by atoms with Crippen molar-refractivity contribution in [1.82, 2.24) is 10.3 Å². The van der Waals surface area contributed by atoms with E-state index in [0.29, 0.717) is 29.7 Å². The molecule has 206 valence electrons. The SMILES string of the molecule is Cc1ccc([C@@H](O)CNC(=O)CCC(=O)O[C@H]2CC[C@@H]3[C@H]4CCC5=CC(=O)CC[C@]5(C)[C@H]4CC[C@]23C)cn1.